The number of rotatable bonds is 3. The Morgan fingerprint density at radius 1 is 1.41 bits per heavy atom. The van der Waals surface area contributed by atoms with Gasteiger partial charge < -0.3 is 19.8 Å². The fourth-order valence-electron chi connectivity index (χ4n) is 2.01. The maximum Gasteiger partial charge on any atom is 0.0980 e. The van der Waals surface area contributed by atoms with Crippen LogP contribution in [0.25, 0.3) is 0 Å². The minimum atomic E-state index is -0.144. The molecule has 0 aliphatic carbocycles. The molecule has 4 nitrogen and oxygen atoms in total. The quantitative estimate of drug-likeness (QED) is 0.879. The smallest absolute Gasteiger partial charge is 0.0980 e. The molecule has 1 aromatic rings. The second kappa shape index (κ2) is 5.82. The van der Waals surface area contributed by atoms with Crippen molar-refractivity contribution in [3.8, 4) is 0 Å². The first-order valence-electron chi connectivity index (χ1n) is 5.61. The molecular weight excluding hydrogens is 286 g/mol. The molecule has 2 rings (SSSR count). The van der Waals surface area contributed by atoms with Crippen LogP contribution in [0.1, 0.15) is 5.56 Å². The number of ether oxygens (including phenoxy) is 1. The number of benzene rings is 1. The molecule has 1 atom stereocenters. The van der Waals surface area contributed by atoms with Gasteiger partial charge in [-0.1, -0.05) is 22.0 Å². The standard InChI is InChI=1S/C12H16BrNO3/c13-10-2-1-9(7-15)12(5-10)14-3-4-17-11(6-14)8-16/h1-2,5,11,15-16H,3-4,6-8H2. The van der Waals surface area contributed by atoms with Gasteiger partial charge in [-0.3, -0.25) is 0 Å². The summed E-state index contributed by atoms with van der Waals surface area (Å²) in [6.07, 6.45) is -0.144. The summed E-state index contributed by atoms with van der Waals surface area (Å²) in [7, 11) is 0. The molecule has 0 bridgehead atoms. The minimum Gasteiger partial charge on any atom is -0.394 e. The summed E-state index contributed by atoms with van der Waals surface area (Å²) in [6.45, 7) is 2.07. The number of anilines is 1. The lowest BCUT2D eigenvalue weighted by Crippen LogP contribution is -2.44. The molecule has 0 spiro atoms. The van der Waals surface area contributed by atoms with Gasteiger partial charge in [-0.25, -0.2) is 0 Å². The lowest BCUT2D eigenvalue weighted by atomic mass is 10.1. The summed E-state index contributed by atoms with van der Waals surface area (Å²) in [5.74, 6) is 0. The van der Waals surface area contributed by atoms with Crippen molar-refractivity contribution in [2.24, 2.45) is 0 Å². The van der Waals surface area contributed by atoms with Crippen LogP contribution in [0.15, 0.2) is 22.7 Å². The van der Waals surface area contributed by atoms with E-state index in [0.29, 0.717) is 13.2 Å². The van der Waals surface area contributed by atoms with E-state index in [1.807, 2.05) is 18.2 Å². The van der Waals surface area contributed by atoms with Gasteiger partial charge in [0.2, 0.25) is 0 Å². The van der Waals surface area contributed by atoms with Gasteiger partial charge in [0.05, 0.1) is 25.9 Å². The Kier molecular flexibility index (Phi) is 4.39. The van der Waals surface area contributed by atoms with Crippen LogP contribution in [-0.2, 0) is 11.3 Å². The summed E-state index contributed by atoms with van der Waals surface area (Å²) >= 11 is 3.44. The molecule has 1 saturated heterocycles. The predicted octanol–water partition coefficient (Wildman–Crippen LogP) is 1.14. The number of aliphatic hydroxyl groups is 2. The van der Waals surface area contributed by atoms with Crippen molar-refractivity contribution in [3.05, 3.63) is 28.2 Å². The van der Waals surface area contributed by atoms with Crippen LogP contribution in [0, 0.1) is 0 Å². The average molecular weight is 302 g/mol. The van der Waals surface area contributed by atoms with Crippen LogP contribution in [0.4, 0.5) is 5.69 Å². The molecule has 17 heavy (non-hydrogen) atoms. The molecule has 1 aromatic carbocycles. The fraction of sp³-hybridized carbons (Fsp3) is 0.500. The van der Waals surface area contributed by atoms with Gasteiger partial charge in [-0.05, 0) is 12.1 Å². The Bertz CT molecular complexity index is 386. The fourth-order valence-corrected chi connectivity index (χ4v) is 2.36. The third kappa shape index (κ3) is 2.98. The molecule has 1 heterocycles. The number of hydrogen-bond donors (Lipinski definition) is 2. The number of halogens is 1. The Balaban J connectivity index is 2.22. The molecule has 0 saturated carbocycles. The van der Waals surface area contributed by atoms with Crippen LogP contribution in [0.2, 0.25) is 0 Å². The zero-order valence-electron chi connectivity index (χ0n) is 9.47. The van der Waals surface area contributed by atoms with Gasteiger partial charge in [0.1, 0.15) is 0 Å². The van der Waals surface area contributed by atoms with Crippen LogP contribution >= 0.6 is 15.9 Å². The van der Waals surface area contributed by atoms with Crippen molar-refractivity contribution < 1.29 is 14.9 Å². The molecule has 1 fully saturated rings. The number of nitrogens with zero attached hydrogens (tertiary/aromatic N) is 1. The Hall–Kier alpha value is -0.620. The molecule has 0 amide bonds. The Labute approximate surface area is 109 Å². The van der Waals surface area contributed by atoms with E-state index >= 15 is 0 Å². The molecular formula is C12H16BrNO3. The molecule has 1 aliphatic rings. The number of hydrogen-bond acceptors (Lipinski definition) is 4. The third-order valence-corrected chi connectivity index (χ3v) is 3.39. The minimum absolute atomic E-state index is 0.0176. The first-order valence-corrected chi connectivity index (χ1v) is 6.40. The van der Waals surface area contributed by atoms with E-state index in [0.717, 1.165) is 22.3 Å². The van der Waals surface area contributed by atoms with E-state index in [1.165, 1.54) is 0 Å². The lowest BCUT2D eigenvalue weighted by Gasteiger charge is -2.34. The van der Waals surface area contributed by atoms with E-state index in [4.69, 9.17) is 9.84 Å². The summed E-state index contributed by atoms with van der Waals surface area (Å²) in [5.41, 5.74) is 1.90. The highest BCUT2D eigenvalue weighted by atomic mass is 79.9. The highest BCUT2D eigenvalue weighted by Gasteiger charge is 2.21. The molecule has 1 aliphatic heterocycles. The molecule has 2 N–H and O–H groups in total. The van der Waals surface area contributed by atoms with Gasteiger partial charge in [0.15, 0.2) is 0 Å². The van der Waals surface area contributed by atoms with Crippen molar-refractivity contribution in [1.29, 1.82) is 0 Å². The van der Waals surface area contributed by atoms with Crippen LogP contribution in [0.3, 0.4) is 0 Å². The van der Waals surface area contributed by atoms with E-state index in [2.05, 4.69) is 20.8 Å². The first kappa shape index (κ1) is 12.8. The van der Waals surface area contributed by atoms with Gasteiger partial charge in [0, 0.05) is 28.8 Å². The maximum atomic E-state index is 9.34. The SMILES string of the molecule is OCc1ccc(Br)cc1N1CCOC(CO)C1. The summed E-state index contributed by atoms with van der Waals surface area (Å²) in [5, 5.41) is 18.5. The van der Waals surface area contributed by atoms with Crippen molar-refractivity contribution in [2.45, 2.75) is 12.7 Å². The molecule has 94 valence electrons. The second-order valence-electron chi connectivity index (χ2n) is 4.05. The van der Waals surface area contributed by atoms with Crippen LogP contribution in [-0.4, -0.2) is 42.6 Å². The maximum absolute atomic E-state index is 9.34. The monoisotopic (exact) mass is 301 g/mol. The Morgan fingerprint density at radius 3 is 2.94 bits per heavy atom. The van der Waals surface area contributed by atoms with Gasteiger partial charge in [-0.2, -0.15) is 0 Å². The van der Waals surface area contributed by atoms with Crippen molar-refractivity contribution in [1.82, 2.24) is 0 Å². The second-order valence-corrected chi connectivity index (χ2v) is 4.97. The van der Waals surface area contributed by atoms with E-state index in [-0.39, 0.29) is 19.3 Å². The topological polar surface area (TPSA) is 52.9 Å². The summed E-state index contributed by atoms with van der Waals surface area (Å²) < 4.78 is 6.40. The predicted molar refractivity (Wildman–Crippen MR) is 69.1 cm³/mol. The van der Waals surface area contributed by atoms with Crippen LogP contribution in [0.5, 0.6) is 0 Å². The van der Waals surface area contributed by atoms with Crippen molar-refractivity contribution in [3.63, 3.8) is 0 Å². The van der Waals surface area contributed by atoms with Gasteiger partial charge >= 0.3 is 0 Å². The zero-order valence-corrected chi connectivity index (χ0v) is 11.1. The largest absolute Gasteiger partial charge is 0.394 e. The van der Waals surface area contributed by atoms with E-state index < -0.39 is 0 Å². The zero-order chi connectivity index (χ0) is 12.3. The van der Waals surface area contributed by atoms with Crippen molar-refractivity contribution in [2.75, 3.05) is 31.2 Å². The third-order valence-electron chi connectivity index (χ3n) is 2.90. The van der Waals surface area contributed by atoms with Crippen molar-refractivity contribution >= 4 is 21.6 Å². The lowest BCUT2D eigenvalue weighted by molar-refractivity contribution is 0.00348. The van der Waals surface area contributed by atoms with E-state index in [1.54, 1.807) is 0 Å². The molecule has 0 aromatic heterocycles. The molecule has 1 unspecified atom stereocenters. The summed E-state index contributed by atoms with van der Waals surface area (Å²) in [4.78, 5) is 2.14. The molecule has 0 radical (unpaired) electrons. The average Bonchev–Trinajstić information content (AvgIpc) is 2.39. The summed E-state index contributed by atoms with van der Waals surface area (Å²) in [6, 6.07) is 5.81. The van der Waals surface area contributed by atoms with Gasteiger partial charge in [-0.15, -0.1) is 0 Å². The molecule has 5 heteroatoms. The number of morpholine rings is 1. The van der Waals surface area contributed by atoms with E-state index in [9.17, 15) is 5.11 Å². The normalized spacial score (nSPS) is 20.6. The highest BCUT2D eigenvalue weighted by molar-refractivity contribution is 9.10. The first-order chi connectivity index (χ1) is 8.24. The number of aliphatic hydroxyl groups excluding tert-OH is 2. The highest BCUT2D eigenvalue weighted by Crippen LogP contribution is 2.26. The Morgan fingerprint density at radius 2 is 2.24 bits per heavy atom. The van der Waals surface area contributed by atoms with Crippen LogP contribution < -0.4 is 4.90 Å². The van der Waals surface area contributed by atoms with Gasteiger partial charge in [0.25, 0.3) is 0 Å².